The molecule has 1 amide bonds. The van der Waals surface area contributed by atoms with Crippen LogP contribution in [0.15, 0.2) is 101 Å². The number of nitrogens with zero attached hydrogens (tertiary/aromatic N) is 1. The van der Waals surface area contributed by atoms with Crippen molar-refractivity contribution >= 4 is 66.2 Å². The highest BCUT2D eigenvalue weighted by atomic mass is 35.5. The summed E-state index contributed by atoms with van der Waals surface area (Å²) in [5.74, 6) is -0.621. The highest BCUT2D eigenvalue weighted by Gasteiger charge is 2.28. The Balaban J connectivity index is 1.54. The average Bonchev–Trinajstić information content (AvgIpc) is 2.90. The molecule has 40 heavy (non-hydrogen) atoms. The van der Waals surface area contributed by atoms with E-state index in [1.807, 2.05) is 0 Å². The van der Waals surface area contributed by atoms with Crippen molar-refractivity contribution in [3.8, 4) is 0 Å². The molecule has 0 radical (unpaired) electrons. The highest BCUT2D eigenvalue weighted by molar-refractivity contribution is 7.93. The van der Waals surface area contributed by atoms with Gasteiger partial charge < -0.3 is 5.32 Å². The standard InChI is InChI=1S/C28H25Cl2N3O5S2/c1-19-7-8-22(30)17-26(19)32-39(35,36)24-15-11-23(12-16-24)31-28(34)18-33(27-6-4-3-5-20(27)2)40(37,38)25-13-9-21(29)10-14-25/h3-17,32H,18H2,1-2H3,(H,31,34). The van der Waals surface area contributed by atoms with E-state index in [4.69, 9.17) is 23.2 Å². The largest absolute Gasteiger partial charge is 0.325 e. The van der Waals surface area contributed by atoms with E-state index in [2.05, 4.69) is 10.0 Å². The van der Waals surface area contributed by atoms with Crippen molar-refractivity contribution in [3.05, 3.63) is 112 Å². The van der Waals surface area contributed by atoms with Gasteiger partial charge in [-0.15, -0.1) is 0 Å². The van der Waals surface area contributed by atoms with Gasteiger partial charge in [-0.2, -0.15) is 0 Å². The fourth-order valence-electron chi connectivity index (χ4n) is 3.83. The van der Waals surface area contributed by atoms with E-state index in [9.17, 15) is 21.6 Å². The Morgan fingerprint density at radius 1 is 0.750 bits per heavy atom. The second-order valence-corrected chi connectivity index (χ2v) is 13.3. The normalized spacial score (nSPS) is 11.6. The molecule has 0 saturated heterocycles. The van der Waals surface area contributed by atoms with E-state index in [-0.39, 0.29) is 15.5 Å². The molecule has 0 fully saturated rings. The summed E-state index contributed by atoms with van der Waals surface area (Å²) in [5, 5.41) is 3.41. The van der Waals surface area contributed by atoms with Gasteiger partial charge in [-0.25, -0.2) is 16.8 Å². The summed E-state index contributed by atoms with van der Waals surface area (Å²) in [6, 6.07) is 22.9. The van der Waals surface area contributed by atoms with Crippen LogP contribution in [-0.2, 0) is 24.8 Å². The number of carbonyl (C=O) groups excluding carboxylic acids is 1. The minimum Gasteiger partial charge on any atom is -0.325 e. The summed E-state index contributed by atoms with van der Waals surface area (Å²) in [5.41, 5.74) is 2.34. The van der Waals surface area contributed by atoms with Crippen LogP contribution in [0, 0.1) is 13.8 Å². The number of hydrogen-bond donors (Lipinski definition) is 2. The fraction of sp³-hybridized carbons (Fsp3) is 0.107. The van der Waals surface area contributed by atoms with Crippen molar-refractivity contribution < 1.29 is 21.6 Å². The Labute approximate surface area is 243 Å². The van der Waals surface area contributed by atoms with Gasteiger partial charge in [0.2, 0.25) is 5.91 Å². The van der Waals surface area contributed by atoms with Crippen LogP contribution in [0.2, 0.25) is 10.0 Å². The molecule has 0 bridgehead atoms. The van der Waals surface area contributed by atoms with Gasteiger partial charge in [0.1, 0.15) is 6.54 Å². The van der Waals surface area contributed by atoms with E-state index in [1.54, 1.807) is 50.2 Å². The molecule has 0 spiro atoms. The Morgan fingerprint density at radius 3 is 2.00 bits per heavy atom. The van der Waals surface area contributed by atoms with E-state index < -0.39 is 32.5 Å². The van der Waals surface area contributed by atoms with Gasteiger partial charge in [-0.3, -0.25) is 13.8 Å². The first kappa shape index (κ1) is 29.4. The monoisotopic (exact) mass is 617 g/mol. The smallest absolute Gasteiger partial charge is 0.264 e. The summed E-state index contributed by atoms with van der Waals surface area (Å²) in [4.78, 5) is 13.0. The number of hydrogen-bond acceptors (Lipinski definition) is 5. The number of aryl methyl sites for hydroxylation is 2. The summed E-state index contributed by atoms with van der Waals surface area (Å²) in [6.45, 7) is 2.97. The van der Waals surface area contributed by atoms with Gasteiger partial charge in [0.25, 0.3) is 20.0 Å². The van der Waals surface area contributed by atoms with Gasteiger partial charge in [0.15, 0.2) is 0 Å². The summed E-state index contributed by atoms with van der Waals surface area (Å²) >= 11 is 11.9. The molecular weight excluding hydrogens is 593 g/mol. The van der Waals surface area contributed by atoms with Gasteiger partial charge in [-0.1, -0.05) is 47.5 Å². The molecule has 0 unspecified atom stereocenters. The number of carbonyl (C=O) groups is 1. The topological polar surface area (TPSA) is 113 Å². The third-order valence-corrected chi connectivity index (χ3v) is 9.61. The zero-order chi connectivity index (χ0) is 29.1. The number of benzene rings is 4. The third-order valence-electron chi connectivity index (χ3n) is 5.97. The third kappa shape index (κ3) is 6.76. The van der Waals surface area contributed by atoms with Crippen molar-refractivity contribution in [1.29, 1.82) is 0 Å². The molecule has 4 rings (SSSR count). The lowest BCUT2D eigenvalue weighted by atomic mass is 10.2. The van der Waals surface area contributed by atoms with Crippen LogP contribution in [0.4, 0.5) is 17.1 Å². The van der Waals surface area contributed by atoms with E-state index in [0.29, 0.717) is 32.5 Å². The molecule has 0 aliphatic carbocycles. The van der Waals surface area contributed by atoms with Crippen LogP contribution in [-0.4, -0.2) is 29.3 Å². The van der Waals surface area contributed by atoms with E-state index >= 15 is 0 Å². The number of para-hydroxylation sites is 1. The maximum absolute atomic E-state index is 13.6. The van der Waals surface area contributed by atoms with Crippen LogP contribution in [0.3, 0.4) is 0 Å². The Kier molecular flexibility index (Phi) is 8.74. The summed E-state index contributed by atoms with van der Waals surface area (Å²) in [7, 11) is -8.06. The molecule has 12 heteroatoms. The van der Waals surface area contributed by atoms with Crippen molar-refractivity contribution in [2.45, 2.75) is 23.6 Å². The lowest BCUT2D eigenvalue weighted by Crippen LogP contribution is -2.38. The number of nitrogens with one attached hydrogen (secondary N) is 2. The average molecular weight is 619 g/mol. The molecule has 8 nitrogen and oxygen atoms in total. The molecule has 0 aromatic heterocycles. The first-order valence-electron chi connectivity index (χ1n) is 11.9. The minimum atomic E-state index is -4.13. The van der Waals surface area contributed by atoms with Gasteiger partial charge >= 0.3 is 0 Å². The van der Waals surface area contributed by atoms with Crippen molar-refractivity contribution in [2.75, 3.05) is 20.9 Å². The number of halogens is 2. The van der Waals surface area contributed by atoms with Crippen LogP contribution in [0.25, 0.3) is 0 Å². The Morgan fingerprint density at radius 2 is 1.35 bits per heavy atom. The van der Waals surface area contributed by atoms with Gasteiger partial charge in [0, 0.05) is 15.7 Å². The van der Waals surface area contributed by atoms with Crippen LogP contribution in [0.5, 0.6) is 0 Å². The van der Waals surface area contributed by atoms with Crippen molar-refractivity contribution in [1.82, 2.24) is 0 Å². The SMILES string of the molecule is Cc1ccc(Cl)cc1NS(=O)(=O)c1ccc(NC(=O)CN(c2ccccc2C)S(=O)(=O)c2ccc(Cl)cc2)cc1. The maximum Gasteiger partial charge on any atom is 0.264 e. The second kappa shape index (κ2) is 11.9. The zero-order valence-corrected chi connectivity index (χ0v) is 24.6. The molecule has 208 valence electrons. The van der Waals surface area contributed by atoms with Crippen LogP contribution in [0.1, 0.15) is 11.1 Å². The van der Waals surface area contributed by atoms with Crippen molar-refractivity contribution in [2.24, 2.45) is 0 Å². The number of rotatable bonds is 9. The molecule has 0 aliphatic heterocycles. The quantitative estimate of drug-likeness (QED) is 0.231. The van der Waals surface area contributed by atoms with Crippen LogP contribution >= 0.6 is 23.2 Å². The molecule has 0 atom stereocenters. The lowest BCUT2D eigenvalue weighted by molar-refractivity contribution is -0.114. The highest BCUT2D eigenvalue weighted by Crippen LogP contribution is 2.28. The van der Waals surface area contributed by atoms with E-state index in [0.717, 1.165) is 4.31 Å². The Bertz CT molecular complexity index is 1760. The predicted molar refractivity (Wildman–Crippen MR) is 159 cm³/mol. The first-order valence-corrected chi connectivity index (χ1v) is 15.6. The molecule has 4 aromatic rings. The maximum atomic E-state index is 13.6. The Hall–Kier alpha value is -3.57. The fourth-order valence-corrected chi connectivity index (χ4v) is 6.74. The predicted octanol–water partition coefficient (Wildman–Crippen LogP) is 6.25. The molecule has 2 N–H and O–H groups in total. The number of amides is 1. The summed E-state index contributed by atoms with van der Waals surface area (Å²) in [6.07, 6.45) is 0. The number of sulfonamides is 2. The van der Waals surface area contributed by atoms with Crippen LogP contribution < -0.4 is 14.3 Å². The minimum absolute atomic E-state index is 0.0232. The second-order valence-electron chi connectivity index (χ2n) is 8.89. The molecule has 4 aromatic carbocycles. The first-order chi connectivity index (χ1) is 18.9. The number of anilines is 3. The van der Waals surface area contributed by atoms with Crippen molar-refractivity contribution in [3.63, 3.8) is 0 Å². The van der Waals surface area contributed by atoms with Gasteiger partial charge in [0.05, 0.1) is 21.2 Å². The molecule has 0 saturated carbocycles. The molecular formula is C28H25Cl2N3O5S2. The lowest BCUT2D eigenvalue weighted by Gasteiger charge is -2.25. The summed E-state index contributed by atoms with van der Waals surface area (Å²) < 4.78 is 56.4. The molecule has 0 aliphatic rings. The molecule has 0 heterocycles. The zero-order valence-electron chi connectivity index (χ0n) is 21.4. The van der Waals surface area contributed by atoms with E-state index in [1.165, 1.54) is 54.6 Å². The van der Waals surface area contributed by atoms with Gasteiger partial charge in [-0.05, 0) is 91.7 Å².